The van der Waals surface area contributed by atoms with Gasteiger partial charge in [0.25, 0.3) is 5.91 Å². The first-order valence-corrected chi connectivity index (χ1v) is 7.50. The molecule has 0 radical (unpaired) electrons. The lowest BCUT2D eigenvalue weighted by Crippen LogP contribution is -3.13. The number of hydrogen-bond donors (Lipinski definition) is 1. The third-order valence-corrected chi connectivity index (χ3v) is 4.03. The number of aromatic nitrogens is 1. The third kappa shape index (κ3) is 3.49. The molecule has 1 aliphatic heterocycles. The SMILES string of the molecule is O=C(c1cccc(F)c1)N1CC[NH+](Cc2ccncc2)CC1. The molecule has 114 valence electrons. The van der Waals surface area contributed by atoms with Crippen LogP contribution in [-0.4, -0.2) is 42.0 Å². The smallest absolute Gasteiger partial charge is 0.254 e. The number of halogens is 1. The van der Waals surface area contributed by atoms with Crippen LogP contribution in [0.4, 0.5) is 4.39 Å². The summed E-state index contributed by atoms with van der Waals surface area (Å²) in [6.45, 7) is 4.17. The molecule has 1 amide bonds. The number of pyridine rings is 1. The summed E-state index contributed by atoms with van der Waals surface area (Å²) in [6, 6.07) is 9.95. The highest BCUT2D eigenvalue weighted by Gasteiger charge is 2.24. The van der Waals surface area contributed by atoms with Gasteiger partial charge in [0.2, 0.25) is 0 Å². The van der Waals surface area contributed by atoms with E-state index in [0.717, 1.165) is 19.6 Å². The van der Waals surface area contributed by atoms with E-state index < -0.39 is 0 Å². The van der Waals surface area contributed by atoms with Crippen LogP contribution in [0.15, 0.2) is 48.8 Å². The van der Waals surface area contributed by atoms with Crippen LogP contribution in [0.2, 0.25) is 0 Å². The number of hydrogen-bond acceptors (Lipinski definition) is 2. The van der Waals surface area contributed by atoms with Crippen molar-refractivity contribution in [2.24, 2.45) is 0 Å². The average Bonchev–Trinajstić information content (AvgIpc) is 2.56. The van der Waals surface area contributed by atoms with Crippen molar-refractivity contribution in [2.75, 3.05) is 26.2 Å². The number of nitrogens with one attached hydrogen (secondary N) is 1. The van der Waals surface area contributed by atoms with Crippen LogP contribution in [0.25, 0.3) is 0 Å². The Hall–Kier alpha value is -2.27. The highest BCUT2D eigenvalue weighted by atomic mass is 19.1. The number of piperazine rings is 1. The molecule has 1 aromatic heterocycles. The lowest BCUT2D eigenvalue weighted by atomic mass is 10.1. The minimum Gasteiger partial charge on any atom is -0.328 e. The zero-order chi connectivity index (χ0) is 15.4. The van der Waals surface area contributed by atoms with Crippen molar-refractivity contribution in [3.05, 3.63) is 65.7 Å². The number of quaternary nitrogens is 1. The fraction of sp³-hybridized carbons (Fsp3) is 0.294. The van der Waals surface area contributed by atoms with Gasteiger partial charge in [0.1, 0.15) is 12.4 Å². The van der Waals surface area contributed by atoms with E-state index in [0.29, 0.717) is 18.7 Å². The van der Waals surface area contributed by atoms with Crippen LogP contribution >= 0.6 is 0 Å². The van der Waals surface area contributed by atoms with E-state index in [1.807, 2.05) is 17.0 Å². The van der Waals surface area contributed by atoms with Gasteiger partial charge in [0.05, 0.1) is 26.2 Å². The van der Waals surface area contributed by atoms with Crippen molar-refractivity contribution in [3.63, 3.8) is 0 Å². The van der Waals surface area contributed by atoms with Gasteiger partial charge in [-0.05, 0) is 30.3 Å². The lowest BCUT2D eigenvalue weighted by molar-refractivity contribution is -0.917. The molecule has 0 spiro atoms. The molecule has 1 aliphatic rings. The monoisotopic (exact) mass is 300 g/mol. The molecule has 1 aromatic carbocycles. The number of carbonyl (C=O) groups excluding carboxylic acids is 1. The molecule has 4 nitrogen and oxygen atoms in total. The molecule has 0 bridgehead atoms. The van der Waals surface area contributed by atoms with Gasteiger partial charge in [-0.3, -0.25) is 9.78 Å². The van der Waals surface area contributed by atoms with Crippen molar-refractivity contribution < 1.29 is 14.1 Å². The van der Waals surface area contributed by atoms with Gasteiger partial charge in [0, 0.05) is 23.5 Å². The molecule has 22 heavy (non-hydrogen) atoms. The van der Waals surface area contributed by atoms with Gasteiger partial charge >= 0.3 is 0 Å². The molecule has 1 fully saturated rings. The molecule has 2 heterocycles. The molecule has 1 N–H and O–H groups in total. The maximum Gasteiger partial charge on any atom is 0.254 e. The summed E-state index contributed by atoms with van der Waals surface area (Å²) in [4.78, 5) is 19.6. The van der Waals surface area contributed by atoms with E-state index >= 15 is 0 Å². The van der Waals surface area contributed by atoms with Crippen molar-refractivity contribution in [2.45, 2.75) is 6.54 Å². The lowest BCUT2D eigenvalue weighted by Gasteiger charge is -2.32. The Labute approximate surface area is 129 Å². The van der Waals surface area contributed by atoms with Crippen LogP contribution < -0.4 is 4.90 Å². The number of carbonyl (C=O) groups is 1. The highest BCUT2D eigenvalue weighted by molar-refractivity contribution is 5.94. The first kappa shape index (κ1) is 14.7. The molecular weight excluding hydrogens is 281 g/mol. The Bertz CT molecular complexity index is 639. The Kier molecular flexibility index (Phi) is 4.44. The first-order valence-electron chi connectivity index (χ1n) is 7.50. The third-order valence-electron chi connectivity index (χ3n) is 4.03. The summed E-state index contributed by atoms with van der Waals surface area (Å²) < 4.78 is 13.2. The number of nitrogens with zero attached hydrogens (tertiary/aromatic N) is 2. The normalized spacial score (nSPS) is 15.8. The predicted molar refractivity (Wildman–Crippen MR) is 80.9 cm³/mol. The summed E-state index contributed by atoms with van der Waals surface area (Å²) in [5.41, 5.74) is 1.69. The van der Waals surface area contributed by atoms with E-state index in [2.05, 4.69) is 4.98 Å². The molecule has 0 aliphatic carbocycles. The van der Waals surface area contributed by atoms with Crippen molar-refractivity contribution in [1.82, 2.24) is 9.88 Å². The molecule has 1 saturated heterocycles. The van der Waals surface area contributed by atoms with Crippen molar-refractivity contribution in [3.8, 4) is 0 Å². The molecular formula is C17H19FN3O+. The zero-order valence-corrected chi connectivity index (χ0v) is 12.3. The van der Waals surface area contributed by atoms with E-state index in [1.54, 1.807) is 24.5 Å². The van der Waals surface area contributed by atoms with E-state index in [4.69, 9.17) is 0 Å². The summed E-state index contributed by atoms with van der Waals surface area (Å²) in [6.07, 6.45) is 3.61. The topological polar surface area (TPSA) is 37.6 Å². The van der Waals surface area contributed by atoms with Gasteiger partial charge in [-0.2, -0.15) is 0 Å². The second kappa shape index (κ2) is 6.66. The maximum absolute atomic E-state index is 13.2. The molecule has 0 saturated carbocycles. The van der Waals surface area contributed by atoms with Crippen LogP contribution in [0.1, 0.15) is 15.9 Å². The number of amides is 1. The van der Waals surface area contributed by atoms with Crippen molar-refractivity contribution >= 4 is 5.91 Å². The minimum absolute atomic E-state index is 0.0811. The molecule has 5 heteroatoms. The minimum atomic E-state index is -0.368. The molecule has 2 aromatic rings. The van der Waals surface area contributed by atoms with E-state index in [1.165, 1.54) is 22.6 Å². The van der Waals surface area contributed by atoms with Gasteiger partial charge in [-0.1, -0.05) is 6.07 Å². The van der Waals surface area contributed by atoms with Crippen LogP contribution in [0.3, 0.4) is 0 Å². The Morgan fingerprint density at radius 2 is 1.91 bits per heavy atom. The largest absolute Gasteiger partial charge is 0.328 e. The number of benzene rings is 1. The average molecular weight is 300 g/mol. The van der Waals surface area contributed by atoms with Gasteiger partial charge in [0.15, 0.2) is 0 Å². The number of rotatable bonds is 3. The summed E-state index contributed by atoms with van der Waals surface area (Å²) >= 11 is 0. The van der Waals surface area contributed by atoms with E-state index in [9.17, 15) is 9.18 Å². The Morgan fingerprint density at radius 1 is 1.18 bits per heavy atom. The maximum atomic E-state index is 13.2. The Morgan fingerprint density at radius 3 is 2.59 bits per heavy atom. The van der Waals surface area contributed by atoms with Crippen LogP contribution in [0, 0.1) is 5.82 Å². The zero-order valence-electron chi connectivity index (χ0n) is 12.3. The van der Waals surface area contributed by atoms with Crippen molar-refractivity contribution in [1.29, 1.82) is 0 Å². The molecule has 0 unspecified atom stereocenters. The standard InChI is InChI=1S/C17H18FN3O/c18-16-3-1-2-15(12-16)17(22)21-10-8-20(9-11-21)13-14-4-6-19-7-5-14/h1-7,12H,8-11,13H2/p+1. The van der Waals surface area contributed by atoms with Gasteiger partial charge in [-0.15, -0.1) is 0 Å². The summed E-state index contributed by atoms with van der Waals surface area (Å²) in [7, 11) is 0. The molecule has 3 rings (SSSR count). The quantitative estimate of drug-likeness (QED) is 0.909. The van der Waals surface area contributed by atoms with Crippen LogP contribution in [0.5, 0.6) is 0 Å². The summed E-state index contributed by atoms with van der Waals surface area (Å²) in [5.74, 6) is -0.449. The fourth-order valence-electron chi connectivity index (χ4n) is 2.80. The fourth-order valence-corrected chi connectivity index (χ4v) is 2.80. The second-order valence-electron chi connectivity index (χ2n) is 5.58. The Balaban J connectivity index is 1.56. The highest BCUT2D eigenvalue weighted by Crippen LogP contribution is 2.07. The van der Waals surface area contributed by atoms with E-state index in [-0.39, 0.29) is 11.7 Å². The molecule has 0 atom stereocenters. The van der Waals surface area contributed by atoms with Crippen LogP contribution in [-0.2, 0) is 6.54 Å². The second-order valence-corrected chi connectivity index (χ2v) is 5.58. The van der Waals surface area contributed by atoms with Gasteiger partial charge < -0.3 is 9.80 Å². The summed E-state index contributed by atoms with van der Waals surface area (Å²) in [5, 5.41) is 0. The van der Waals surface area contributed by atoms with Gasteiger partial charge in [-0.25, -0.2) is 4.39 Å². The first-order chi connectivity index (χ1) is 10.7. The predicted octanol–water partition coefficient (Wildman–Crippen LogP) is 0.762.